The molecule has 6 nitrogen and oxygen atoms in total. The van der Waals surface area contributed by atoms with E-state index in [-0.39, 0.29) is 5.91 Å². The van der Waals surface area contributed by atoms with E-state index in [1.165, 1.54) is 23.1 Å². The van der Waals surface area contributed by atoms with Crippen LogP contribution in [0.2, 0.25) is 0 Å². The van der Waals surface area contributed by atoms with Crippen LogP contribution in [-0.4, -0.2) is 48.2 Å². The maximum Gasteiger partial charge on any atom is 0.234 e. The molecule has 2 heterocycles. The van der Waals surface area contributed by atoms with Crippen LogP contribution in [0.3, 0.4) is 0 Å². The first kappa shape index (κ1) is 17.3. The van der Waals surface area contributed by atoms with Gasteiger partial charge >= 0.3 is 0 Å². The molecule has 1 amide bonds. The molecule has 1 aliphatic heterocycles. The molecule has 3 aromatic rings. The van der Waals surface area contributed by atoms with Gasteiger partial charge in [-0.05, 0) is 11.5 Å². The van der Waals surface area contributed by atoms with Gasteiger partial charge < -0.3 is 15.0 Å². The molecule has 0 aliphatic carbocycles. The Bertz CT molecular complexity index is 904. The number of thioether (sulfide) groups is 1. The van der Waals surface area contributed by atoms with Gasteiger partial charge in [-0.15, -0.1) is 10.2 Å². The fourth-order valence-corrected chi connectivity index (χ4v) is 4.48. The Kier molecular flexibility index (Phi) is 5.33. The van der Waals surface area contributed by atoms with E-state index in [4.69, 9.17) is 4.74 Å². The van der Waals surface area contributed by atoms with E-state index in [9.17, 15) is 4.79 Å². The average Bonchev–Trinajstić information content (AvgIpc) is 3.17. The molecular weight excluding hydrogens is 368 g/mol. The molecule has 2 aromatic carbocycles. The first-order valence-electron chi connectivity index (χ1n) is 8.36. The normalized spacial score (nSPS) is 14.5. The van der Waals surface area contributed by atoms with Gasteiger partial charge in [0.05, 0.1) is 19.0 Å². The minimum Gasteiger partial charge on any atom is -0.378 e. The fraction of sp³-hybridized carbons (Fsp3) is 0.278. The highest BCUT2D eigenvalue weighted by Crippen LogP contribution is 2.29. The van der Waals surface area contributed by atoms with E-state index < -0.39 is 0 Å². The monoisotopic (exact) mass is 386 g/mol. The lowest BCUT2D eigenvalue weighted by atomic mass is 10.1. The van der Waals surface area contributed by atoms with Gasteiger partial charge in [0.25, 0.3) is 0 Å². The van der Waals surface area contributed by atoms with Gasteiger partial charge in [0.15, 0.2) is 4.34 Å². The second kappa shape index (κ2) is 8.03. The van der Waals surface area contributed by atoms with Crippen LogP contribution in [0.5, 0.6) is 0 Å². The maximum absolute atomic E-state index is 12.3. The number of carbonyl (C=O) groups excluding carboxylic acids is 1. The van der Waals surface area contributed by atoms with Crippen molar-refractivity contribution >= 4 is 50.6 Å². The van der Waals surface area contributed by atoms with Crippen molar-refractivity contribution in [1.82, 2.24) is 10.2 Å². The van der Waals surface area contributed by atoms with Crippen LogP contribution in [0.1, 0.15) is 0 Å². The van der Waals surface area contributed by atoms with Crippen molar-refractivity contribution in [2.24, 2.45) is 0 Å². The topological polar surface area (TPSA) is 67.4 Å². The Morgan fingerprint density at radius 1 is 1.15 bits per heavy atom. The summed E-state index contributed by atoms with van der Waals surface area (Å²) >= 11 is 2.93. The first-order valence-corrected chi connectivity index (χ1v) is 10.2. The molecule has 1 aliphatic rings. The summed E-state index contributed by atoms with van der Waals surface area (Å²) in [4.78, 5) is 14.5. The third kappa shape index (κ3) is 3.98. The molecule has 0 bridgehead atoms. The number of nitrogens with one attached hydrogen (secondary N) is 1. The highest BCUT2D eigenvalue weighted by molar-refractivity contribution is 8.01. The summed E-state index contributed by atoms with van der Waals surface area (Å²) in [6.45, 7) is 3.10. The molecule has 1 saturated heterocycles. The van der Waals surface area contributed by atoms with Crippen LogP contribution in [0.25, 0.3) is 10.8 Å². The number of carbonyl (C=O) groups is 1. The second-order valence-corrected chi connectivity index (χ2v) is 7.99. The lowest BCUT2D eigenvalue weighted by molar-refractivity contribution is -0.113. The number of morpholine rings is 1. The Morgan fingerprint density at radius 3 is 2.85 bits per heavy atom. The average molecular weight is 387 g/mol. The molecule has 0 unspecified atom stereocenters. The van der Waals surface area contributed by atoms with Crippen molar-refractivity contribution in [3.63, 3.8) is 0 Å². The van der Waals surface area contributed by atoms with Gasteiger partial charge in [-0.25, -0.2) is 0 Å². The number of amides is 1. The minimum absolute atomic E-state index is 0.0468. The predicted molar refractivity (Wildman–Crippen MR) is 106 cm³/mol. The van der Waals surface area contributed by atoms with Crippen LogP contribution in [-0.2, 0) is 9.53 Å². The van der Waals surface area contributed by atoms with Crippen molar-refractivity contribution in [2.75, 3.05) is 42.3 Å². The number of benzene rings is 2. The second-order valence-electron chi connectivity index (χ2n) is 5.81. The number of hydrogen-bond acceptors (Lipinski definition) is 7. The molecule has 1 fully saturated rings. The van der Waals surface area contributed by atoms with Crippen molar-refractivity contribution in [2.45, 2.75) is 4.34 Å². The van der Waals surface area contributed by atoms with Gasteiger partial charge in [-0.2, -0.15) is 0 Å². The number of nitrogens with zero attached hydrogens (tertiary/aromatic N) is 3. The fourth-order valence-electron chi connectivity index (χ4n) is 2.79. The molecule has 4 rings (SSSR count). The van der Waals surface area contributed by atoms with E-state index in [1.807, 2.05) is 42.5 Å². The Labute approximate surface area is 159 Å². The van der Waals surface area contributed by atoms with Gasteiger partial charge in [0.2, 0.25) is 11.0 Å². The third-order valence-electron chi connectivity index (χ3n) is 4.07. The van der Waals surface area contributed by atoms with Gasteiger partial charge in [0.1, 0.15) is 0 Å². The standard InChI is InChI=1S/C18H18N4O2S2/c23-16(19-15-7-3-5-13-4-1-2-6-14(13)15)12-25-18-21-20-17(26-18)22-8-10-24-11-9-22/h1-7H,8-12H2,(H,19,23). The first-order chi connectivity index (χ1) is 12.8. The van der Waals surface area contributed by atoms with E-state index in [0.717, 1.165) is 52.2 Å². The summed E-state index contributed by atoms with van der Waals surface area (Å²) in [5.74, 6) is 0.260. The number of hydrogen-bond donors (Lipinski definition) is 1. The number of fused-ring (bicyclic) bond motifs is 1. The van der Waals surface area contributed by atoms with E-state index in [0.29, 0.717) is 5.75 Å². The van der Waals surface area contributed by atoms with Crippen molar-refractivity contribution in [1.29, 1.82) is 0 Å². The highest BCUT2D eigenvalue weighted by atomic mass is 32.2. The Hall–Kier alpha value is -2.16. The van der Waals surface area contributed by atoms with Crippen molar-refractivity contribution in [3.05, 3.63) is 42.5 Å². The van der Waals surface area contributed by atoms with E-state index in [1.54, 1.807) is 0 Å². The summed E-state index contributed by atoms with van der Waals surface area (Å²) in [5, 5.41) is 14.5. The van der Waals surface area contributed by atoms with E-state index >= 15 is 0 Å². The molecule has 8 heteroatoms. The SMILES string of the molecule is O=C(CSc1nnc(N2CCOCC2)s1)Nc1cccc2ccccc12. The van der Waals surface area contributed by atoms with Crippen LogP contribution in [0.15, 0.2) is 46.8 Å². The van der Waals surface area contributed by atoms with Crippen LogP contribution in [0, 0.1) is 0 Å². The highest BCUT2D eigenvalue weighted by Gasteiger charge is 2.16. The quantitative estimate of drug-likeness (QED) is 0.679. The molecule has 0 saturated carbocycles. The van der Waals surface area contributed by atoms with Gasteiger partial charge in [0, 0.05) is 24.2 Å². The zero-order valence-electron chi connectivity index (χ0n) is 14.1. The summed E-state index contributed by atoms with van der Waals surface area (Å²) in [5.41, 5.74) is 0.833. The largest absolute Gasteiger partial charge is 0.378 e. The molecule has 26 heavy (non-hydrogen) atoms. The van der Waals surface area contributed by atoms with Crippen molar-refractivity contribution in [3.8, 4) is 0 Å². The molecule has 1 N–H and O–H groups in total. The maximum atomic E-state index is 12.3. The summed E-state index contributed by atoms with van der Waals surface area (Å²) < 4.78 is 6.16. The van der Waals surface area contributed by atoms with Gasteiger partial charge in [-0.3, -0.25) is 4.79 Å². The smallest absolute Gasteiger partial charge is 0.234 e. The zero-order chi connectivity index (χ0) is 17.8. The molecular formula is C18H18N4O2S2. The Morgan fingerprint density at radius 2 is 1.96 bits per heavy atom. The molecule has 0 radical (unpaired) electrons. The van der Waals surface area contributed by atoms with E-state index in [2.05, 4.69) is 20.4 Å². The van der Waals surface area contributed by atoms with Crippen LogP contribution in [0.4, 0.5) is 10.8 Å². The van der Waals surface area contributed by atoms with Gasteiger partial charge in [-0.1, -0.05) is 59.5 Å². The summed E-state index contributed by atoms with van der Waals surface area (Å²) in [6, 6.07) is 13.9. The lowest BCUT2D eigenvalue weighted by Crippen LogP contribution is -2.36. The number of rotatable bonds is 5. The molecule has 134 valence electrons. The third-order valence-corrected chi connectivity index (χ3v) is 6.19. The zero-order valence-corrected chi connectivity index (χ0v) is 15.7. The Balaban J connectivity index is 1.36. The molecule has 0 atom stereocenters. The van der Waals surface area contributed by atoms with Crippen molar-refractivity contribution < 1.29 is 9.53 Å². The summed E-state index contributed by atoms with van der Waals surface area (Å²) in [7, 11) is 0. The number of ether oxygens (including phenoxy) is 1. The van der Waals surface area contributed by atoms with Crippen LogP contribution < -0.4 is 10.2 Å². The van der Waals surface area contributed by atoms with Crippen LogP contribution >= 0.6 is 23.1 Å². The molecule has 0 spiro atoms. The lowest BCUT2D eigenvalue weighted by Gasteiger charge is -2.25. The minimum atomic E-state index is -0.0468. The number of aromatic nitrogens is 2. The molecule has 1 aromatic heterocycles. The summed E-state index contributed by atoms with van der Waals surface area (Å²) in [6.07, 6.45) is 0. The predicted octanol–water partition coefficient (Wildman–Crippen LogP) is 3.26. The number of anilines is 2.